The number of sulfonamides is 1. The third-order valence-corrected chi connectivity index (χ3v) is 6.78. The Balaban J connectivity index is 2.08. The van der Waals surface area contributed by atoms with Crippen molar-refractivity contribution in [2.45, 2.75) is 30.8 Å². The van der Waals surface area contributed by atoms with Gasteiger partial charge in [0, 0.05) is 37.7 Å². The van der Waals surface area contributed by atoms with Crippen molar-refractivity contribution in [2.75, 3.05) is 32.7 Å². The van der Waals surface area contributed by atoms with Crippen molar-refractivity contribution in [1.82, 2.24) is 9.21 Å². The second kappa shape index (κ2) is 7.25. The van der Waals surface area contributed by atoms with Crippen LogP contribution in [0.5, 0.6) is 0 Å². The number of aliphatic hydroxyl groups is 1. The fraction of sp³-hybridized carbons (Fsp3) is 0.600. The van der Waals surface area contributed by atoms with E-state index in [9.17, 15) is 13.5 Å². The lowest BCUT2D eigenvalue weighted by Gasteiger charge is -2.37. The van der Waals surface area contributed by atoms with E-state index in [1.165, 1.54) is 16.4 Å². The average molecular weight is 381 g/mol. The maximum absolute atomic E-state index is 12.7. The number of halogens is 2. The Morgan fingerprint density at radius 3 is 2.39 bits per heavy atom. The number of piperazine rings is 1. The van der Waals surface area contributed by atoms with Crippen molar-refractivity contribution in [3.63, 3.8) is 0 Å². The van der Waals surface area contributed by atoms with Gasteiger partial charge in [-0.2, -0.15) is 4.31 Å². The van der Waals surface area contributed by atoms with Crippen molar-refractivity contribution in [3.8, 4) is 0 Å². The fourth-order valence-corrected chi connectivity index (χ4v) is 4.69. The van der Waals surface area contributed by atoms with Gasteiger partial charge in [0.15, 0.2) is 0 Å². The van der Waals surface area contributed by atoms with Crippen LogP contribution < -0.4 is 0 Å². The smallest absolute Gasteiger partial charge is 0.244 e. The van der Waals surface area contributed by atoms with Gasteiger partial charge < -0.3 is 5.11 Å². The highest BCUT2D eigenvalue weighted by atomic mass is 35.5. The van der Waals surface area contributed by atoms with E-state index in [2.05, 4.69) is 4.90 Å². The molecule has 0 bridgehead atoms. The lowest BCUT2D eigenvalue weighted by molar-refractivity contribution is 0.00819. The monoisotopic (exact) mass is 380 g/mol. The molecule has 23 heavy (non-hydrogen) atoms. The zero-order valence-corrected chi connectivity index (χ0v) is 15.6. The number of nitrogens with zero attached hydrogens (tertiary/aromatic N) is 2. The molecule has 130 valence electrons. The predicted octanol–water partition coefficient (Wildman–Crippen LogP) is 2.46. The van der Waals surface area contributed by atoms with Crippen LogP contribution in [0.4, 0.5) is 0 Å². The van der Waals surface area contributed by atoms with Gasteiger partial charge in [0.1, 0.15) is 4.90 Å². The summed E-state index contributed by atoms with van der Waals surface area (Å²) < 4.78 is 26.9. The molecular formula is C15H22Cl2N2O3S. The van der Waals surface area contributed by atoms with Crippen LogP contribution in [0, 0.1) is 0 Å². The molecule has 1 fully saturated rings. The molecule has 1 aromatic carbocycles. The van der Waals surface area contributed by atoms with Crippen molar-refractivity contribution in [1.29, 1.82) is 0 Å². The molecule has 0 amide bonds. The van der Waals surface area contributed by atoms with Gasteiger partial charge in [-0.05, 0) is 31.5 Å². The summed E-state index contributed by atoms with van der Waals surface area (Å²) in [6.45, 7) is 6.15. The van der Waals surface area contributed by atoms with Crippen LogP contribution in [-0.2, 0) is 10.0 Å². The number of β-amino-alcohol motifs (C(OH)–C–C–N with tert-alkyl or cyclic N) is 1. The minimum Gasteiger partial charge on any atom is -0.389 e. The molecule has 0 aliphatic carbocycles. The molecule has 1 aliphatic heterocycles. The first-order valence-electron chi connectivity index (χ1n) is 7.55. The molecule has 2 rings (SSSR count). The first kappa shape index (κ1) is 19.0. The maximum Gasteiger partial charge on any atom is 0.244 e. The molecule has 1 N–H and O–H groups in total. The summed E-state index contributed by atoms with van der Waals surface area (Å²) in [5.74, 6) is 0. The topological polar surface area (TPSA) is 60.9 Å². The standard InChI is InChI=1S/C15H22Cl2N2O3S/c1-3-15(2,20)11-18-6-8-19(9-7-18)23(21,22)14-10-12(16)4-5-13(14)17/h4-5,10,20H,3,6-9,11H2,1-2H3/t15-/m1/s1. The Morgan fingerprint density at radius 1 is 1.22 bits per heavy atom. The van der Waals surface area contributed by atoms with Gasteiger partial charge >= 0.3 is 0 Å². The third kappa shape index (κ3) is 4.59. The van der Waals surface area contributed by atoms with Gasteiger partial charge in [0.05, 0.1) is 10.6 Å². The second-order valence-electron chi connectivity index (χ2n) is 6.11. The van der Waals surface area contributed by atoms with Crippen molar-refractivity contribution < 1.29 is 13.5 Å². The molecule has 1 saturated heterocycles. The van der Waals surface area contributed by atoms with E-state index >= 15 is 0 Å². The van der Waals surface area contributed by atoms with Crippen LogP contribution in [0.1, 0.15) is 20.3 Å². The number of rotatable bonds is 5. The summed E-state index contributed by atoms with van der Waals surface area (Å²) in [5, 5.41) is 10.7. The first-order valence-corrected chi connectivity index (χ1v) is 9.75. The van der Waals surface area contributed by atoms with E-state index in [1.807, 2.05) is 6.92 Å². The van der Waals surface area contributed by atoms with E-state index in [0.717, 1.165) is 0 Å². The largest absolute Gasteiger partial charge is 0.389 e. The Hall–Kier alpha value is -0.370. The molecule has 1 heterocycles. The van der Waals surface area contributed by atoms with Crippen molar-refractivity contribution in [2.24, 2.45) is 0 Å². The van der Waals surface area contributed by atoms with Crippen LogP contribution >= 0.6 is 23.2 Å². The van der Waals surface area contributed by atoms with Gasteiger partial charge in [-0.3, -0.25) is 4.90 Å². The van der Waals surface area contributed by atoms with E-state index < -0.39 is 15.6 Å². The van der Waals surface area contributed by atoms with Gasteiger partial charge in [0.2, 0.25) is 10.0 Å². The molecule has 1 atom stereocenters. The van der Waals surface area contributed by atoms with Crippen LogP contribution in [-0.4, -0.2) is 61.1 Å². The molecule has 1 aromatic rings. The van der Waals surface area contributed by atoms with E-state index in [0.29, 0.717) is 44.2 Å². The van der Waals surface area contributed by atoms with Crippen LogP contribution in [0.3, 0.4) is 0 Å². The van der Waals surface area contributed by atoms with Crippen LogP contribution in [0.2, 0.25) is 10.0 Å². The van der Waals surface area contributed by atoms with E-state index in [1.54, 1.807) is 13.0 Å². The SMILES string of the molecule is CC[C@@](C)(O)CN1CCN(S(=O)(=O)c2cc(Cl)ccc2Cl)CC1. The molecule has 0 saturated carbocycles. The van der Waals surface area contributed by atoms with Crippen LogP contribution in [0.25, 0.3) is 0 Å². The normalized spacial score (nSPS) is 20.4. The number of benzene rings is 1. The van der Waals surface area contributed by atoms with Gasteiger partial charge in [0.25, 0.3) is 0 Å². The lowest BCUT2D eigenvalue weighted by atomic mass is 10.0. The lowest BCUT2D eigenvalue weighted by Crippen LogP contribution is -2.52. The van der Waals surface area contributed by atoms with E-state index in [-0.39, 0.29) is 9.92 Å². The zero-order chi connectivity index (χ0) is 17.3. The maximum atomic E-state index is 12.7. The summed E-state index contributed by atoms with van der Waals surface area (Å²) in [6.07, 6.45) is 0.656. The average Bonchev–Trinajstić information content (AvgIpc) is 2.50. The third-order valence-electron chi connectivity index (χ3n) is 4.17. The molecule has 0 unspecified atom stereocenters. The van der Waals surface area contributed by atoms with Crippen molar-refractivity contribution in [3.05, 3.63) is 28.2 Å². The van der Waals surface area contributed by atoms with Gasteiger partial charge in [-0.1, -0.05) is 30.1 Å². The van der Waals surface area contributed by atoms with Gasteiger partial charge in [-0.25, -0.2) is 8.42 Å². The highest BCUT2D eigenvalue weighted by Crippen LogP contribution is 2.28. The Bertz CT molecular complexity index is 657. The first-order chi connectivity index (χ1) is 10.7. The second-order valence-corrected chi connectivity index (χ2v) is 8.86. The summed E-state index contributed by atoms with van der Waals surface area (Å²) in [6, 6.07) is 4.44. The van der Waals surface area contributed by atoms with Crippen molar-refractivity contribution >= 4 is 33.2 Å². The van der Waals surface area contributed by atoms with Crippen LogP contribution in [0.15, 0.2) is 23.1 Å². The van der Waals surface area contributed by atoms with E-state index in [4.69, 9.17) is 23.2 Å². The molecular weight excluding hydrogens is 359 g/mol. The Kier molecular flexibility index (Phi) is 5.98. The Labute approximate surface area is 147 Å². The quantitative estimate of drug-likeness (QED) is 0.851. The molecule has 1 aliphatic rings. The molecule has 0 aromatic heterocycles. The molecule has 0 spiro atoms. The summed E-state index contributed by atoms with van der Waals surface area (Å²) >= 11 is 11.9. The summed E-state index contributed by atoms with van der Waals surface area (Å²) in [5.41, 5.74) is -0.753. The highest BCUT2D eigenvalue weighted by molar-refractivity contribution is 7.89. The fourth-order valence-electron chi connectivity index (χ4n) is 2.54. The van der Waals surface area contributed by atoms with Gasteiger partial charge in [-0.15, -0.1) is 0 Å². The minimum absolute atomic E-state index is 0.0423. The summed E-state index contributed by atoms with van der Waals surface area (Å²) in [4.78, 5) is 2.12. The molecule has 0 radical (unpaired) electrons. The Morgan fingerprint density at radius 2 is 1.83 bits per heavy atom. The zero-order valence-electron chi connectivity index (χ0n) is 13.3. The molecule has 5 nitrogen and oxygen atoms in total. The number of hydrogen-bond donors (Lipinski definition) is 1. The molecule has 8 heteroatoms. The minimum atomic E-state index is -3.66. The summed E-state index contributed by atoms with van der Waals surface area (Å²) in [7, 11) is -3.66. The highest BCUT2D eigenvalue weighted by Gasteiger charge is 2.32. The number of hydrogen-bond acceptors (Lipinski definition) is 4. The predicted molar refractivity (Wildman–Crippen MR) is 92.6 cm³/mol.